The van der Waals surface area contributed by atoms with Crippen LogP contribution in [0.25, 0.3) is 0 Å². The van der Waals surface area contributed by atoms with E-state index < -0.39 is 11.9 Å². The minimum absolute atomic E-state index is 0.271. The maximum Gasteiger partial charge on any atom is 0.306 e. The van der Waals surface area contributed by atoms with Gasteiger partial charge in [-0.2, -0.15) is 0 Å². The Labute approximate surface area is 53.0 Å². The largest absolute Gasteiger partial charge is 0.456 e. The zero-order valence-electron chi connectivity index (χ0n) is 5.22. The summed E-state index contributed by atoms with van der Waals surface area (Å²) < 4.78 is 4.34. The van der Waals surface area contributed by atoms with E-state index in [2.05, 4.69) is 10.5 Å². The summed E-state index contributed by atoms with van der Waals surface area (Å²) in [6.45, 7) is 1.33. The van der Waals surface area contributed by atoms with Gasteiger partial charge < -0.3 is 10.5 Å². The number of amides is 1. The highest BCUT2D eigenvalue weighted by Crippen LogP contribution is 1.81. The Hall–Kier alpha value is -1.06. The molecule has 2 N–H and O–H groups in total. The molecule has 0 atom stereocenters. The molecule has 0 heterocycles. The number of ether oxygens (including phenoxy) is 1. The Kier molecular flexibility index (Phi) is 3.43. The minimum Gasteiger partial charge on any atom is -0.456 e. The Morgan fingerprint density at radius 2 is 2.11 bits per heavy atom. The lowest BCUT2D eigenvalue weighted by atomic mass is 10.5. The van der Waals surface area contributed by atoms with Crippen molar-refractivity contribution in [1.82, 2.24) is 0 Å². The van der Waals surface area contributed by atoms with E-state index in [1.807, 2.05) is 0 Å². The van der Waals surface area contributed by atoms with Crippen molar-refractivity contribution >= 4 is 11.9 Å². The Balaban J connectivity index is 3.28. The molecular formula is C5H9NO3. The molecule has 52 valence electrons. The smallest absolute Gasteiger partial charge is 0.306 e. The van der Waals surface area contributed by atoms with Crippen LogP contribution in [0.3, 0.4) is 0 Å². The molecule has 0 radical (unpaired) electrons. The molecule has 9 heavy (non-hydrogen) atoms. The second-order valence-electron chi connectivity index (χ2n) is 1.48. The minimum atomic E-state index is -0.628. The van der Waals surface area contributed by atoms with Crippen LogP contribution >= 0.6 is 0 Å². The van der Waals surface area contributed by atoms with Crippen LogP contribution in [-0.2, 0) is 14.3 Å². The molecule has 0 saturated heterocycles. The third-order valence-electron chi connectivity index (χ3n) is 0.664. The Morgan fingerprint density at radius 3 is 2.44 bits per heavy atom. The van der Waals surface area contributed by atoms with E-state index in [9.17, 15) is 9.59 Å². The highest BCUT2D eigenvalue weighted by molar-refractivity contribution is 5.78. The summed E-state index contributed by atoms with van der Waals surface area (Å²) in [7, 11) is 0. The van der Waals surface area contributed by atoms with Crippen LogP contribution in [0.15, 0.2) is 0 Å². The molecule has 0 aliphatic heterocycles. The van der Waals surface area contributed by atoms with Crippen molar-refractivity contribution in [2.24, 2.45) is 5.73 Å². The highest BCUT2D eigenvalue weighted by atomic mass is 16.5. The summed E-state index contributed by atoms with van der Waals surface area (Å²) in [6.07, 6.45) is 0.271. The van der Waals surface area contributed by atoms with Crippen LogP contribution in [0.5, 0.6) is 0 Å². The first-order valence-corrected chi connectivity index (χ1v) is 2.60. The third kappa shape index (κ3) is 4.80. The summed E-state index contributed by atoms with van der Waals surface area (Å²) in [5.74, 6) is -1.04. The third-order valence-corrected chi connectivity index (χ3v) is 0.664. The average Bonchev–Trinajstić information content (AvgIpc) is 1.83. The van der Waals surface area contributed by atoms with Crippen molar-refractivity contribution in [3.05, 3.63) is 0 Å². The molecule has 0 rings (SSSR count). The molecule has 0 aliphatic rings. The molecule has 0 fully saturated rings. The van der Waals surface area contributed by atoms with Crippen LogP contribution in [0, 0.1) is 0 Å². The second kappa shape index (κ2) is 3.88. The quantitative estimate of drug-likeness (QED) is 0.521. The van der Waals surface area contributed by atoms with Crippen molar-refractivity contribution in [2.45, 2.75) is 13.3 Å². The summed E-state index contributed by atoms with van der Waals surface area (Å²) in [4.78, 5) is 20.3. The normalized spacial score (nSPS) is 8.56. The summed E-state index contributed by atoms with van der Waals surface area (Å²) in [6, 6.07) is 0. The van der Waals surface area contributed by atoms with Crippen LogP contribution in [0.2, 0.25) is 0 Å². The molecule has 1 amide bonds. The van der Waals surface area contributed by atoms with E-state index in [1.165, 1.54) is 0 Å². The van der Waals surface area contributed by atoms with Gasteiger partial charge in [0, 0.05) is 6.42 Å². The van der Waals surface area contributed by atoms with Gasteiger partial charge in [-0.25, -0.2) is 0 Å². The number of esters is 1. The number of carbonyl (C=O) groups excluding carboxylic acids is 2. The Bertz CT molecular complexity index is 121. The molecule has 4 nitrogen and oxygen atoms in total. The lowest BCUT2D eigenvalue weighted by Gasteiger charge is -1.96. The van der Waals surface area contributed by atoms with Crippen LogP contribution < -0.4 is 5.73 Å². The molecule has 0 aromatic heterocycles. The monoisotopic (exact) mass is 131 g/mol. The van der Waals surface area contributed by atoms with Gasteiger partial charge in [0.2, 0.25) is 0 Å². The molecule has 4 heteroatoms. The van der Waals surface area contributed by atoms with Crippen molar-refractivity contribution in [2.75, 3.05) is 6.61 Å². The molecule has 0 bridgehead atoms. The highest BCUT2D eigenvalue weighted by Gasteiger charge is 1.99. The number of hydrogen-bond donors (Lipinski definition) is 1. The van der Waals surface area contributed by atoms with Gasteiger partial charge in [0.1, 0.15) is 0 Å². The van der Waals surface area contributed by atoms with E-state index in [0.717, 1.165) is 0 Å². The van der Waals surface area contributed by atoms with Crippen molar-refractivity contribution in [1.29, 1.82) is 0 Å². The van der Waals surface area contributed by atoms with Crippen molar-refractivity contribution < 1.29 is 14.3 Å². The predicted molar refractivity (Wildman–Crippen MR) is 30.4 cm³/mol. The van der Waals surface area contributed by atoms with Gasteiger partial charge in [0.15, 0.2) is 6.61 Å². The van der Waals surface area contributed by atoms with Crippen molar-refractivity contribution in [3.8, 4) is 0 Å². The van der Waals surface area contributed by atoms with Gasteiger partial charge in [0.25, 0.3) is 5.91 Å². The van der Waals surface area contributed by atoms with Gasteiger partial charge >= 0.3 is 5.97 Å². The Morgan fingerprint density at radius 1 is 1.56 bits per heavy atom. The first kappa shape index (κ1) is 7.94. The average molecular weight is 131 g/mol. The number of nitrogens with two attached hydrogens (primary N) is 1. The molecule has 0 saturated carbocycles. The van der Waals surface area contributed by atoms with Gasteiger partial charge in [-0.15, -0.1) is 0 Å². The molecule has 0 aliphatic carbocycles. The van der Waals surface area contributed by atoms with E-state index in [0.29, 0.717) is 0 Å². The molecule has 0 aromatic rings. The predicted octanol–water partition coefficient (Wildman–Crippen LogP) is -0.575. The van der Waals surface area contributed by atoms with E-state index in [-0.39, 0.29) is 13.0 Å². The lowest BCUT2D eigenvalue weighted by molar-refractivity contribution is -0.147. The SMILES string of the molecule is CCC(=O)OCC(N)=O. The zero-order valence-corrected chi connectivity index (χ0v) is 5.22. The molecule has 0 unspecified atom stereocenters. The summed E-state index contributed by atoms with van der Waals surface area (Å²) in [5, 5.41) is 0. The zero-order chi connectivity index (χ0) is 7.28. The van der Waals surface area contributed by atoms with Crippen molar-refractivity contribution in [3.63, 3.8) is 0 Å². The second-order valence-corrected chi connectivity index (χ2v) is 1.48. The van der Waals surface area contributed by atoms with Gasteiger partial charge in [0.05, 0.1) is 0 Å². The number of rotatable bonds is 3. The fourth-order valence-corrected chi connectivity index (χ4v) is 0.254. The van der Waals surface area contributed by atoms with Crippen LogP contribution in [-0.4, -0.2) is 18.5 Å². The first-order chi connectivity index (χ1) is 4.16. The number of carbonyl (C=O) groups is 2. The first-order valence-electron chi connectivity index (χ1n) is 2.60. The standard InChI is InChI=1S/C5H9NO3/c1-2-5(8)9-3-4(6)7/h2-3H2,1H3,(H2,6,7). The van der Waals surface area contributed by atoms with E-state index in [1.54, 1.807) is 6.92 Å². The maximum atomic E-state index is 10.3. The van der Waals surface area contributed by atoms with Gasteiger partial charge in [-0.3, -0.25) is 9.59 Å². The van der Waals surface area contributed by atoms with Crippen LogP contribution in [0.4, 0.5) is 0 Å². The summed E-state index contributed by atoms with van der Waals surface area (Å²) in [5.41, 5.74) is 4.68. The van der Waals surface area contributed by atoms with Gasteiger partial charge in [-0.05, 0) is 0 Å². The lowest BCUT2D eigenvalue weighted by Crippen LogP contribution is -2.20. The fourth-order valence-electron chi connectivity index (χ4n) is 0.254. The molecular weight excluding hydrogens is 122 g/mol. The van der Waals surface area contributed by atoms with Crippen LogP contribution in [0.1, 0.15) is 13.3 Å². The number of primary amides is 1. The molecule has 0 spiro atoms. The number of hydrogen-bond acceptors (Lipinski definition) is 3. The van der Waals surface area contributed by atoms with E-state index in [4.69, 9.17) is 0 Å². The molecule has 0 aromatic carbocycles. The van der Waals surface area contributed by atoms with E-state index >= 15 is 0 Å². The topological polar surface area (TPSA) is 69.4 Å². The summed E-state index contributed by atoms with van der Waals surface area (Å²) >= 11 is 0. The maximum absolute atomic E-state index is 10.3. The fraction of sp³-hybridized carbons (Fsp3) is 0.600. The van der Waals surface area contributed by atoms with Gasteiger partial charge in [-0.1, -0.05) is 6.92 Å².